The van der Waals surface area contributed by atoms with Gasteiger partial charge in [0.15, 0.2) is 12.2 Å². The number of aliphatic carboxylic acids is 1. The summed E-state index contributed by atoms with van der Waals surface area (Å²) in [5.41, 5.74) is 5.29. The number of hydrogen-bond donors (Lipinski definition) is 1. The zero-order valence-corrected chi connectivity index (χ0v) is 15.9. The predicted octanol–water partition coefficient (Wildman–Crippen LogP) is 1.04. The van der Waals surface area contributed by atoms with Gasteiger partial charge in [-0.3, -0.25) is 4.79 Å². The van der Waals surface area contributed by atoms with E-state index in [2.05, 4.69) is 68.8 Å². The van der Waals surface area contributed by atoms with Crippen LogP contribution < -0.4 is 0 Å². The van der Waals surface area contributed by atoms with Gasteiger partial charge in [0.1, 0.15) is 0 Å². The van der Waals surface area contributed by atoms with Gasteiger partial charge in [0.05, 0.1) is 12.7 Å². The standard InChI is InChI=1S/C17H17N9O3/c1-9-4-12(5-10(2)11(9)3)6-25-7-13(19-23-25)15-18-17(29-22-15)16-20-24-26(21-16)8-14(27)28/h4-5,7H,6,8H2,1-3H3,(H,27,28). The summed E-state index contributed by atoms with van der Waals surface area (Å²) < 4.78 is 6.82. The van der Waals surface area contributed by atoms with Gasteiger partial charge in [-0.05, 0) is 48.2 Å². The smallest absolute Gasteiger partial charge is 0.327 e. The zero-order chi connectivity index (χ0) is 20.5. The Morgan fingerprint density at radius 3 is 2.59 bits per heavy atom. The first kappa shape index (κ1) is 18.4. The van der Waals surface area contributed by atoms with Gasteiger partial charge in [-0.25, -0.2) is 4.68 Å². The van der Waals surface area contributed by atoms with E-state index < -0.39 is 12.5 Å². The summed E-state index contributed by atoms with van der Waals surface area (Å²) in [5.74, 6) is -0.827. The Morgan fingerprint density at radius 2 is 1.86 bits per heavy atom. The van der Waals surface area contributed by atoms with Crippen molar-refractivity contribution in [1.29, 1.82) is 0 Å². The monoisotopic (exact) mass is 395 g/mol. The first-order valence-electron chi connectivity index (χ1n) is 8.70. The fourth-order valence-electron chi connectivity index (χ4n) is 2.82. The van der Waals surface area contributed by atoms with Crippen LogP contribution in [-0.4, -0.2) is 56.4 Å². The number of aryl methyl sites for hydroxylation is 2. The lowest BCUT2D eigenvalue weighted by molar-refractivity contribution is -0.138. The highest BCUT2D eigenvalue weighted by Gasteiger charge is 2.18. The van der Waals surface area contributed by atoms with E-state index in [-0.39, 0.29) is 17.5 Å². The Bertz CT molecular complexity index is 1170. The van der Waals surface area contributed by atoms with Crippen LogP contribution in [0.5, 0.6) is 0 Å². The van der Waals surface area contributed by atoms with E-state index in [9.17, 15) is 4.79 Å². The fraction of sp³-hybridized carbons (Fsp3) is 0.294. The number of hydrogen-bond acceptors (Lipinski definition) is 9. The molecule has 0 aliphatic rings. The normalized spacial score (nSPS) is 11.1. The fourth-order valence-corrected chi connectivity index (χ4v) is 2.82. The van der Waals surface area contributed by atoms with E-state index in [1.165, 1.54) is 16.7 Å². The van der Waals surface area contributed by atoms with E-state index >= 15 is 0 Å². The Balaban J connectivity index is 1.52. The number of carboxylic acids is 1. The predicted molar refractivity (Wildman–Crippen MR) is 97.5 cm³/mol. The SMILES string of the molecule is Cc1cc(Cn2cc(-c3noc(-c4nnn(CC(=O)O)n4)n3)nn2)cc(C)c1C. The molecule has 4 aromatic rings. The Hall–Kier alpha value is -3.96. The molecule has 0 unspecified atom stereocenters. The highest BCUT2D eigenvalue weighted by molar-refractivity contribution is 5.66. The second-order valence-electron chi connectivity index (χ2n) is 6.62. The van der Waals surface area contributed by atoms with E-state index in [1.807, 2.05) is 0 Å². The van der Waals surface area contributed by atoms with Gasteiger partial charge in [-0.15, -0.1) is 15.3 Å². The summed E-state index contributed by atoms with van der Waals surface area (Å²) in [6.45, 7) is 6.41. The first-order chi connectivity index (χ1) is 13.9. The molecule has 4 rings (SSSR count). The van der Waals surface area contributed by atoms with Crippen molar-refractivity contribution in [1.82, 2.24) is 45.3 Å². The van der Waals surface area contributed by atoms with Gasteiger partial charge in [-0.2, -0.15) is 9.78 Å². The number of benzene rings is 1. The van der Waals surface area contributed by atoms with E-state index in [4.69, 9.17) is 9.63 Å². The molecular weight excluding hydrogens is 378 g/mol. The van der Waals surface area contributed by atoms with Crippen molar-refractivity contribution in [2.45, 2.75) is 33.9 Å². The number of tetrazole rings is 1. The van der Waals surface area contributed by atoms with Crippen LogP contribution >= 0.6 is 0 Å². The van der Waals surface area contributed by atoms with Crippen molar-refractivity contribution in [3.8, 4) is 23.2 Å². The molecule has 29 heavy (non-hydrogen) atoms. The number of carboxylic acid groups (broad SMARTS) is 1. The maximum atomic E-state index is 10.7. The summed E-state index contributed by atoms with van der Waals surface area (Å²) in [4.78, 5) is 15.8. The van der Waals surface area contributed by atoms with Gasteiger partial charge < -0.3 is 9.63 Å². The van der Waals surface area contributed by atoms with Crippen LogP contribution in [0.25, 0.3) is 23.2 Å². The van der Waals surface area contributed by atoms with Crippen molar-refractivity contribution < 1.29 is 14.4 Å². The van der Waals surface area contributed by atoms with Crippen LogP contribution in [0.15, 0.2) is 22.9 Å². The molecule has 0 amide bonds. The van der Waals surface area contributed by atoms with Gasteiger partial charge in [0, 0.05) is 0 Å². The molecular formula is C17H17N9O3. The molecule has 0 aliphatic heterocycles. The maximum Gasteiger partial charge on any atom is 0.327 e. The molecule has 0 atom stereocenters. The minimum absolute atomic E-state index is 0.0102. The van der Waals surface area contributed by atoms with Gasteiger partial charge in [-0.1, -0.05) is 22.5 Å². The summed E-state index contributed by atoms with van der Waals surface area (Å²) in [6.07, 6.45) is 1.72. The third-order valence-corrected chi connectivity index (χ3v) is 4.45. The minimum Gasteiger partial charge on any atom is -0.480 e. The quantitative estimate of drug-likeness (QED) is 0.501. The van der Waals surface area contributed by atoms with Crippen LogP contribution in [0.4, 0.5) is 0 Å². The van der Waals surface area contributed by atoms with Crippen molar-refractivity contribution in [2.75, 3.05) is 0 Å². The minimum atomic E-state index is -1.09. The molecule has 12 nitrogen and oxygen atoms in total. The molecule has 0 saturated carbocycles. The number of carbonyl (C=O) groups is 1. The van der Waals surface area contributed by atoms with E-state index in [0.29, 0.717) is 12.2 Å². The van der Waals surface area contributed by atoms with Crippen molar-refractivity contribution in [3.05, 3.63) is 40.6 Å². The van der Waals surface area contributed by atoms with E-state index in [1.54, 1.807) is 10.9 Å². The molecule has 12 heteroatoms. The second kappa shape index (κ2) is 7.22. The number of aromatic nitrogens is 9. The lowest BCUT2D eigenvalue weighted by atomic mass is 10.0. The maximum absolute atomic E-state index is 10.7. The molecule has 1 aromatic carbocycles. The highest BCUT2D eigenvalue weighted by Crippen LogP contribution is 2.19. The molecule has 0 radical (unpaired) electrons. The molecule has 0 saturated heterocycles. The molecule has 148 valence electrons. The average molecular weight is 395 g/mol. The number of nitrogens with zero attached hydrogens (tertiary/aromatic N) is 9. The summed E-state index contributed by atoms with van der Waals surface area (Å²) in [5, 5.41) is 32.0. The molecule has 0 aliphatic carbocycles. The van der Waals surface area contributed by atoms with Crippen LogP contribution in [0.3, 0.4) is 0 Å². The molecule has 0 fully saturated rings. The van der Waals surface area contributed by atoms with Crippen LogP contribution in [-0.2, 0) is 17.9 Å². The van der Waals surface area contributed by atoms with Gasteiger partial charge in [0.2, 0.25) is 5.82 Å². The lowest BCUT2D eigenvalue weighted by Crippen LogP contribution is -2.11. The lowest BCUT2D eigenvalue weighted by Gasteiger charge is -2.08. The van der Waals surface area contributed by atoms with Crippen molar-refractivity contribution >= 4 is 5.97 Å². The van der Waals surface area contributed by atoms with Crippen molar-refractivity contribution in [2.24, 2.45) is 0 Å². The van der Waals surface area contributed by atoms with Gasteiger partial charge in [0.25, 0.3) is 11.7 Å². The third kappa shape index (κ3) is 3.85. The average Bonchev–Trinajstić information content (AvgIpc) is 3.39. The van der Waals surface area contributed by atoms with Crippen LogP contribution in [0.2, 0.25) is 0 Å². The molecule has 3 heterocycles. The van der Waals surface area contributed by atoms with Crippen LogP contribution in [0, 0.1) is 20.8 Å². The topological polar surface area (TPSA) is 151 Å². The zero-order valence-electron chi connectivity index (χ0n) is 15.9. The first-order valence-corrected chi connectivity index (χ1v) is 8.70. The molecule has 3 aromatic heterocycles. The second-order valence-corrected chi connectivity index (χ2v) is 6.62. The number of rotatable bonds is 6. The third-order valence-electron chi connectivity index (χ3n) is 4.45. The molecule has 1 N–H and O–H groups in total. The Labute approximate surface area is 164 Å². The van der Waals surface area contributed by atoms with Gasteiger partial charge >= 0.3 is 5.97 Å². The largest absolute Gasteiger partial charge is 0.480 e. The summed E-state index contributed by atoms with van der Waals surface area (Å²) in [6, 6.07) is 4.25. The highest BCUT2D eigenvalue weighted by atomic mass is 16.5. The molecule has 0 spiro atoms. The summed E-state index contributed by atoms with van der Waals surface area (Å²) >= 11 is 0. The Morgan fingerprint density at radius 1 is 1.10 bits per heavy atom. The van der Waals surface area contributed by atoms with E-state index in [0.717, 1.165) is 10.4 Å². The van der Waals surface area contributed by atoms with Crippen LogP contribution in [0.1, 0.15) is 22.3 Å². The molecule has 0 bridgehead atoms. The summed E-state index contributed by atoms with van der Waals surface area (Å²) in [7, 11) is 0. The Kier molecular flexibility index (Phi) is 4.58. The van der Waals surface area contributed by atoms with Crippen molar-refractivity contribution in [3.63, 3.8) is 0 Å².